The number of thioether (sulfide) groups is 1. The van der Waals surface area contributed by atoms with Crippen molar-refractivity contribution >= 4 is 40.1 Å². The zero-order valence-corrected chi connectivity index (χ0v) is 16.5. The maximum Gasteiger partial charge on any atom is 0.312 e. The van der Waals surface area contributed by atoms with Crippen molar-refractivity contribution in [3.63, 3.8) is 0 Å². The van der Waals surface area contributed by atoms with Crippen LogP contribution in [0.5, 0.6) is 0 Å². The van der Waals surface area contributed by atoms with E-state index in [4.69, 9.17) is 21.7 Å². The lowest BCUT2D eigenvalue weighted by molar-refractivity contribution is -0.154. The minimum Gasteiger partial charge on any atom is -0.479 e. The van der Waals surface area contributed by atoms with E-state index in [1.165, 1.54) is 24.3 Å². The van der Waals surface area contributed by atoms with Gasteiger partial charge in [0, 0.05) is 18.4 Å². The second-order valence-electron chi connectivity index (χ2n) is 6.35. The second kappa shape index (κ2) is 9.87. The van der Waals surface area contributed by atoms with Gasteiger partial charge in [0.1, 0.15) is 5.82 Å². The molecule has 138 valence electrons. The molecule has 0 aliphatic rings. The van der Waals surface area contributed by atoms with Crippen molar-refractivity contribution in [2.24, 2.45) is 5.41 Å². The van der Waals surface area contributed by atoms with Gasteiger partial charge in [-0.15, -0.1) is 0 Å². The van der Waals surface area contributed by atoms with Crippen molar-refractivity contribution in [3.05, 3.63) is 35.6 Å². The molecule has 1 unspecified atom stereocenters. The highest BCUT2D eigenvalue weighted by atomic mass is 32.2. The van der Waals surface area contributed by atoms with Gasteiger partial charge in [0.15, 0.2) is 11.2 Å². The van der Waals surface area contributed by atoms with Gasteiger partial charge in [0.2, 0.25) is 4.38 Å². The van der Waals surface area contributed by atoms with Crippen molar-refractivity contribution in [2.45, 2.75) is 46.0 Å². The fraction of sp³-hybridized carbons (Fsp3) is 0.500. The molecule has 0 aromatic heterocycles. The molecule has 4 nitrogen and oxygen atoms in total. The third-order valence-corrected chi connectivity index (χ3v) is 4.43. The highest BCUT2D eigenvalue weighted by Gasteiger charge is 2.28. The van der Waals surface area contributed by atoms with E-state index in [9.17, 15) is 14.0 Å². The van der Waals surface area contributed by atoms with Gasteiger partial charge >= 0.3 is 5.97 Å². The number of carbonyl (C=O) groups is 2. The molecule has 0 saturated heterocycles. The van der Waals surface area contributed by atoms with Crippen LogP contribution in [0.3, 0.4) is 0 Å². The van der Waals surface area contributed by atoms with Crippen molar-refractivity contribution in [1.29, 1.82) is 0 Å². The van der Waals surface area contributed by atoms with Crippen LogP contribution in [0.25, 0.3) is 0 Å². The van der Waals surface area contributed by atoms with Crippen molar-refractivity contribution in [2.75, 3.05) is 6.61 Å². The molecule has 25 heavy (non-hydrogen) atoms. The van der Waals surface area contributed by atoms with Crippen LogP contribution >= 0.6 is 24.0 Å². The summed E-state index contributed by atoms with van der Waals surface area (Å²) in [5.74, 6) is -0.926. The summed E-state index contributed by atoms with van der Waals surface area (Å²) in [6.07, 6.45) is 0.436. The first-order valence-corrected chi connectivity index (χ1v) is 9.25. The van der Waals surface area contributed by atoms with Crippen LogP contribution in [0.2, 0.25) is 0 Å². The molecule has 0 fully saturated rings. The van der Waals surface area contributed by atoms with Crippen LogP contribution in [0.4, 0.5) is 4.39 Å². The standard InChI is InChI=1S/C18H23FO4S2/c1-5-22-17(24)25-15(23-16(21)18(2,3)4)11-10-14(20)12-6-8-13(19)9-7-12/h6-9,15H,5,10-11H2,1-4H3. The molecule has 1 aromatic carbocycles. The fourth-order valence-corrected chi connectivity index (χ4v) is 2.94. The number of Topliss-reactive ketones (excluding diaryl/α,β-unsaturated/α-hetero) is 1. The minimum atomic E-state index is -0.660. The number of halogens is 1. The van der Waals surface area contributed by atoms with E-state index in [0.29, 0.717) is 12.2 Å². The molecule has 0 saturated carbocycles. The molecule has 7 heteroatoms. The number of rotatable bonds is 7. The summed E-state index contributed by atoms with van der Waals surface area (Å²) in [5, 5.41) is 0. The monoisotopic (exact) mass is 386 g/mol. The van der Waals surface area contributed by atoms with Gasteiger partial charge in [0.05, 0.1) is 12.0 Å². The Kier molecular flexibility index (Phi) is 8.52. The highest BCUT2D eigenvalue weighted by molar-refractivity contribution is 8.22. The van der Waals surface area contributed by atoms with Crippen LogP contribution in [0, 0.1) is 11.2 Å². The summed E-state index contributed by atoms with van der Waals surface area (Å²) in [7, 11) is 0. The molecule has 0 aliphatic heterocycles. The number of thiocarbonyl (C=S) groups is 1. The van der Waals surface area contributed by atoms with Crippen LogP contribution < -0.4 is 0 Å². The zero-order valence-electron chi connectivity index (χ0n) is 14.8. The van der Waals surface area contributed by atoms with Gasteiger partial charge in [0.25, 0.3) is 0 Å². The Bertz CT molecular complexity index is 608. The Morgan fingerprint density at radius 1 is 1.24 bits per heavy atom. The van der Waals surface area contributed by atoms with Crippen molar-refractivity contribution in [1.82, 2.24) is 0 Å². The molecule has 1 aromatic rings. The van der Waals surface area contributed by atoms with E-state index < -0.39 is 16.7 Å². The maximum absolute atomic E-state index is 12.9. The van der Waals surface area contributed by atoms with Gasteiger partial charge in [-0.05, 0) is 75.9 Å². The normalized spacial score (nSPS) is 12.4. The number of benzene rings is 1. The Morgan fingerprint density at radius 3 is 2.36 bits per heavy atom. The number of hydrogen-bond acceptors (Lipinski definition) is 6. The van der Waals surface area contributed by atoms with Crippen LogP contribution in [0.15, 0.2) is 24.3 Å². The first kappa shape index (κ1) is 21.6. The molecule has 0 radical (unpaired) electrons. The lowest BCUT2D eigenvalue weighted by atomic mass is 9.97. The van der Waals surface area contributed by atoms with E-state index in [1.807, 2.05) is 0 Å². The number of hydrogen-bond donors (Lipinski definition) is 0. The molecule has 0 heterocycles. The first-order valence-electron chi connectivity index (χ1n) is 7.96. The van der Waals surface area contributed by atoms with Crippen LogP contribution in [-0.2, 0) is 14.3 Å². The van der Waals surface area contributed by atoms with Crippen LogP contribution in [0.1, 0.15) is 50.9 Å². The SMILES string of the molecule is CCOC(=S)SC(CCC(=O)c1ccc(F)cc1)OC(=O)C(C)(C)C. The third-order valence-electron chi connectivity index (χ3n) is 3.11. The first-order chi connectivity index (χ1) is 11.6. The molecular formula is C18H23FO4S2. The number of ether oxygens (including phenoxy) is 2. The summed E-state index contributed by atoms with van der Waals surface area (Å²) < 4.78 is 23.9. The van der Waals surface area contributed by atoms with Crippen molar-refractivity contribution in [3.8, 4) is 0 Å². The van der Waals surface area contributed by atoms with E-state index in [0.717, 1.165) is 11.8 Å². The number of carbonyl (C=O) groups excluding carboxylic acids is 2. The Balaban J connectivity index is 2.71. The summed E-state index contributed by atoms with van der Waals surface area (Å²) in [4.78, 5) is 24.3. The highest BCUT2D eigenvalue weighted by Crippen LogP contribution is 2.26. The van der Waals surface area contributed by atoms with E-state index >= 15 is 0 Å². The van der Waals surface area contributed by atoms with Gasteiger partial charge in [-0.1, -0.05) is 0 Å². The Hall–Kier alpha value is -1.47. The van der Waals surface area contributed by atoms with E-state index in [-0.39, 0.29) is 29.0 Å². The summed E-state index contributed by atoms with van der Waals surface area (Å²) >= 11 is 6.19. The summed E-state index contributed by atoms with van der Waals surface area (Å²) in [6.45, 7) is 7.48. The van der Waals surface area contributed by atoms with Gasteiger partial charge in [-0.3, -0.25) is 9.59 Å². The molecule has 1 rings (SSSR count). The molecular weight excluding hydrogens is 363 g/mol. The van der Waals surface area contributed by atoms with Crippen molar-refractivity contribution < 1.29 is 23.5 Å². The topological polar surface area (TPSA) is 52.6 Å². The molecule has 0 spiro atoms. The lowest BCUT2D eigenvalue weighted by Crippen LogP contribution is -2.28. The average Bonchev–Trinajstić information content (AvgIpc) is 2.52. The van der Waals surface area contributed by atoms with E-state index in [1.54, 1.807) is 27.7 Å². The van der Waals surface area contributed by atoms with Crippen LogP contribution in [-0.4, -0.2) is 28.2 Å². The molecule has 0 N–H and O–H groups in total. The number of ketones is 1. The average molecular weight is 387 g/mol. The van der Waals surface area contributed by atoms with Gasteiger partial charge in [-0.2, -0.15) is 0 Å². The third kappa shape index (κ3) is 7.96. The Labute approximate surface area is 157 Å². The van der Waals surface area contributed by atoms with E-state index in [2.05, 4.69) is 0 Å². The summed E-state index contributed by atoms with van der Waals surface area (Å²) in [5.41, 5.74) is -0.859. The molecule has 0 bridgehead atoms. The predicted octanol–water partition coefficient (Wildman–Crippen LogP) is 4.76. The minimum absolute atomic E-state index is 0.148. The van der Waals surface area contributed by atoms with Gasteiger partial charge in [-0.25, -0.2) is 4.39 Å². The molecule has 0 amide bonds. The maximum atomic E-state index is 12.9. The Morgan fingerprint density at radius 2 is 1.84 bits per heavy atom. The molecule has 0 aliphatic carbocycles. The quantitative estimate of drug-likeness (QED) is 0.291. The summed E-state index contributed by atoms with van der Waals surface area (Å²) in [6, 6.07) is 5.35. The largest absolute Gasteiger partial charge is 0.479 e. The lowest BCUT2D eigenvalue weighted by Gasteiger charge is -2.23. The fourth-order valence-electron chi connectivity index (χ4n) is 1.73. The zero-order chi connectivity index (χ0) is 19.0. The predicted molar refractivity (Wildman–Crippen MR) is 101 cm³/mol. The molecule has 1 atom stereocenters. The smallest absolute Gasteiger partial charge is 0.312 e. The number of esters is 1. The second-order valence-corrected chi connectivity index (χ2v) is 8.12. The van der Waals surface area contributed by atoms with Gasteiger partial charge < -0.3 is 9.47 Å².